The van der Waals surface area contributed by atoms with Crippen LogP contribution in [0.25, 0.3) is 0 Å². The highest BCUT2D eigenvalue weighted by atomic mass is 32.2. The van der Waals surface area contributed by atoms with Gasteiger partial charge in [-0.25, -0.2) is 0 Å². The number of anilines is 1. The van der Waals surface area contributed by atoms with Gasteiger partial charge in [-0.2, -0.15) is 11.3 Å². The number of hydrogen-bond donors (Lipinski definition) is 2. The first kappa shape index (κ1) is 19.0. The van der Waals surface area contributed by atoms with E-state index in [-0.39, 0.29) is 11.8 Å². The summed E-state index contributed by atoms with van der Waals surface area (Å²) in [5, 5.41) is 19.8. The maximum absolute atomic E-state index is 12.0. The highest BCUT2D eigenvalue weighted by Crippen LogP contribution is 2.29. The van der Waals surface area contributed by atoms with Crippen LogP contribution in [0, 0.1) is 0 Å². The average Bonchev–Trinajstić information content (AvgIpc) is 3.39. The molecular weight excluding hydrogens is 408 g/mol. The van der Waals surface area contributed by atoms with Crippen molar-refractivity contribution in [3.05, 3.63) is 44.8 Å². The number of thiophene rings is 2. The fourth-order valence-corrected chi connectivity index (χ4v) is 5.15. The number of thioether (sulfide) groups is 1. The molecule has 6 nitrogen and oxygen atoms in total. The molecule has 3 aromatic rings. The molecule has 0 spiro atoms. The van der Waals surface area contributed by atoms with Crippen molar-refractivity contribution in [1.29, 1.82) is 0 Å². The number of hydrogen-bond acceptors (Lipinski definition) is 8. The molecular formula is C16H16N4O2S4. The summed E-state index contributed by atoms with van der Waals surface area (Å²) in [4.78, 5) is 25.0. The van der Waals surface area contributed by atoms with Crippen molar-refractivity contribution in [3.63, 3.8) is 0 Å². The molecule has 136 valence electrons. The zero-order chi connectivity index (χ0) is 18.2. The van der Waals surface area contributed by atoms with Crippen molar-refractivity contribution in [2.24, 2.45) is 0 Å². The average molecular weight is 425 g/mol. The molecule has 0 aliphatic carbocycles. The lowest BCUT2D eigenvalue weighted by Crippen LogP contribution is -2.25. The second-order valence-corrected chi connectivity index (χ2v) is 9.17. The fraction of sp³-hybridized carbons (Fsp3) is 0.250. The molecule has 0 radical (unpaired) electrons. The van der Waals surface area contributed by atoms with Gasteiger partial charge in [-0.05, 0) is 29.3 Å². The molecule has 0 saturated carbocycles. The molecule has 3 rings (SSSR count). The largest absolute Gasteiger partial charge is 0.352 e. The molecule has 3 heterocycles. The van der Waals surface area contributed by atoms with Crippen molar-refractivity contribution in [2.45, 2.75) is 22.9 Å². The Labute approximate surface area is 167 Å². The van der Waals surface area contributed by atoms with Gasteiger partial charge in [0, 0.05) is 34.5 Å². The minimum absolute atomic E-state index is 0.108. The number of rotatable bonds is 9. The summed E-state index contributed by atoms with van der Waals surface area (Å²) in [6.07, 6.45) is 0.891. The van der Waals surface area contributed by atoms with Crippen LogP contribution in [0.4, 0.5) is 5.13 Å². The van der Waals surface area contributed by atoms with Crippen molar-refractivity contribution >= 4 is 62.7 Å². The predicted molar refractivity (Wildman–Crippen MR) is 108 cm³/mol. The van der Waals surface area contributed by atoms with Gasteiger partial charge in [0.1, 0.15) is 0 Å². The Hall–Kier alpha value is -1.75. The highest BCUT2D eigenvalue weighted by Gasteiger charge is 2.10. The Balaban J connectivity index is 1.33. The summed E-state index contributed by atoms with van der Waals surface area (Å²) in [6, 6.07) is 5.88. The summed E-state index contributed by atoms with van der Waals surface area (Å²) in [6.45, 7) is 0.458. The Morgan fingerprint density at radius 1 is 1.19 bits per heavy atom. The lowest BCUT2D eigenvalue weighted by atomic mass is 10.2. The predicted octanol–water partition coefficient (Wildman–Crippen LogP) is 4.10. The first-order chi connectivity index (χ1) is 12.7. The molecule has 3 aromatic heterocycles. The zero-order valence-corrected chi connectivity index (χ0v) is 16.9. The van der Waals surface area contributed by atoms with Gasteiger partial charge in [0.25, 0.3) is 5.91 Å². The summed E-state index contributed by atoms with van der Waals surface area (Å²) >= 11 is 6.17. The summed E-state index contributed by atoms with van der Waals surface area (Å²) in [5.41, 5.74) is 0.654. The summed E-state index contributed by atoms with van der Waals surface area (Å²) in [5.74, 6) is 0.619. The van der Waals surface area contributed by atoms with Crippen LogP contribution in [0.2, 0.25) is 0 Å². The van der Waals surface area contributed by atoms with Gasteiger partial charge in [0.2, 0.25) is 11.0 Å². The molecule has 0 aromatic carbocycles. The molecule has 0 unspecified atom stereocenters. The van der Waals surface area contributed by atoms with E-state index in [0.29, 0.717) is 30.1 Å². The Morgan fingerprint density at radius 2 is 2.12 bits per heavy atom. The monoisotopic (exact) mass is 424 g/mol. The van der Waals surface area contributed by atoms with E-state index < -0.39 is 0 Å². The molecule has 2 amide bonds. The van der Waals surface area contributed by atoms with E-state index in [1.807, 2.05) is 16.8 Å². The molecule has 0 fully saturated rings. The maximum atomic E-state index is 12.0. The highest BCUT2D eigenvalue weighted by molar-refractivity contribution is 8.00. The van der Waals surface area contributed by atoms with Crippen LogP contribution >= 0.6 is 45.8 Å². The molecule has 0 aliphatic heterocycles. The quantitative estimate of drug-likeness (QED) is 0.307. The van der Waals surface area contributed by atoms with Crippen LogP contribution in [-0.2, 0) is 10.5 Å². The maximum Gasteiger partial charge on any atom is 0.252 e. The van der Waals surface area contributed by atoms with Gasteiger partial charge in [0.15, 0.2) is 4.34 Å². The van der Waals surface area contributed by atoms with Gasteiger partial charge < -0.3 is 10.6 Å². The number of carbonyl (C=O) groups is 2. The first-order valence-corrected chi connectivity index (χ1v) is 11.4. The number of nitrogens with zero attached hydrogens (tertiary/aromatic N) is 2. The third-order valence-corrected chi connectivity index (χ3v) is 6.98. The van der Waals surface area contributed by atoms with Crippen LogP contribution in [0.1, 0.15) is 28.1 Å². The van der Waals surface area contributed by atoms with Crippen LogP contribution < -0.4 is 10.6 Å². The van der Waals surface area contributed by atoms with E-state index in [9.17, 15) is 9.59 Å². The topological polar surface area (TPSA) is 84.0 Å². The van der Waals surface area contributed by atoms with Gasteiger partial charge in [-0.15, -0.1) is 21.5 Å². The zero-order valence-electron chi connectivity index (χ0n) is 13.6. The second-order valence-electron chi connectivity index (χ2n) is 5.16. The Kier molecular flexibility index (Phi) is 7.18. The van der Waals surface area contributed by atoms with Crippen molar-refractivity contribution < 1.29 is 9.59 Å². The van der Waals surface area contributed by atoms with Crippen LogP contribution in [-0.4, -0.2) is 28.6 Å². The SMILES string of the molecule is O=C(CCCNC(=O)c1ccsc1)Nc1nnc(SCc2cccs2)s1. The van der Waals surface area contributed by atoms with Gasteiger partial charge in [-0.3, -0.25) is 9.59 Å². The number of carbonyl (C=O) groups excluding carboxylic acids is 2. The molecule has 26 heavy (non-hydrogen) atoms. The summed E-state index contributed by atoms with van der Waals surface area (Å²) in [7, 11) is 0. The van der Waals surface area contributed by atoms with E-state index >= 15 is 0 Å². The number of aromatic nitrogens is 2. The van der Waals surface area contributed by atoms with E-state index in [2.05, 4.69) is 26.9 Å². The lowest BCUT2D eigenvalue weighted by molar-refractivity contribution is -0.116. The number of nitrogens with one attached hydrogen (secondary N) is 2. The normalized spacial score (nSPS) is 10.6. The Morgan fingerprint density at radius 3 is 2.88 bits per heavy atom. The van der Waals surface area contributed by atoms with Gasteiger partial charge in [-0.1, -0.05) is 29.2 Å². The van der Waals surface area contributed by atoms with Crippen molar-refractivity contribution in [1.82, 2.24) is 15.5 Å². The lowest BCUT2D eigenvalue weighted by Gasteiger charge is -2.03. The minimum Gasteiger partial charge on any atom is -0.352 e. The second kappa shape index (κ2) is 9.81. The van der Waals surface area contributed by atoms with E-state index in [4.69, 9.17) is 0 Å². The third kappa shape index (κ3) is 5.90. The standard InChI is InChI=1S/C16H16N4O2S4/c21-13(4-1-6-17-14(22)11-5-8-23-9-11)18-15-19-20-16(26-15)25-10-12-3-2-7-24-12/h2-3,5,7-9H,1,4,6,10H2,(H,17,22)(H,18,19,21). The number of amides is 2. The molecule has 2 N–H and O–H groups in total. The van der Waals surface area contributed by atoms with Gasteiger partial charge in [0.05, 0.1) is 0 Å². The fourth-order valence-electron chi connectivity index (χ4n) is 1.97. The Bertz CT molecular complexity index is 830. The molecule has 0 atom stereocenters. The van der Waals surface area contributed by atoms with Crippen molar-refractivity contribution in [3.8, 4) is 0 Å². The van der Waals surface area contributed by atoms with Gasteiger partial charge >= 0.3 is 0 Å². The van der Waals surface area contributed by atoms with Crippen LogP contribution in [0.5, 0.6) is 0 Å². The third-order valence-electron chi connectivity index (χ3n) is 3.22. The summed E-state index contributed by atoms with van der Waals surface area (Å²) < 4.78 is 0.830. The molecule has 10 heteroatoms. The minimum atomic E-state index is -0.124. The smallest absolute Gasteiger partial charge is 0.252 e. The first-order valence-electron chi connectivity index (χ1n) is 7.79. The van der Waals surface area contributed by atoms with E-state index in [1.165, 1.54) is 27.6 Å². The molecule has 0 aliphatic rings. The van der Waals surface area contributed by atoms with Crippen molar-refractivity contribution in [2.75, 3.05) is 11.9 Å². The molecule has 0 bridgehead atoms. The van der Waals surface area contributed by atoms with Crippen LogP contribution in [0.3, 0.4) is 0 Å². The van der Waals surface area contributed by atoms with E-state index in [1.54, 1.807) is 34.5 Å². The van der Waals surface area contributed by atoms with E-state index in [0.717, 1.165) is 10.1 Å². The van der Waals surface area contributed by atoms with Crippen LogP contribution in [0.15, 0.2) is 38.7 Å². The molecule has 0 saturated heterocycles.